The zero-order chi connectivity index (χ0) is 54.4. The average Bonchev–Trinajstić information content (AvgIpc) is 4.25. The van der Waals surface area contributed by atoms with Gasteiger partial charge in [0, 0.05) is 101 Å². The molecule has 3 aromatic heterocycles. The van der Waals surface area contributed by atoms with Gasteiger partial charge < -0.3 is 39.3 Å². The van der Waals surface area contributed by atoms with Crippen LogP contribution in [0.2, 0.25) is 0 Å². The minimum Gasteiger partial charge on any atom is -0.497 e. The molecule has 7 aromatic rings. The number of nitro benzene ring substituents is 1. The molecule has 20 heteroatoms. The molecule has 3 saturated heterocycles. The van der Waals surface area contributed by atoms with Gasteiger partial charge in [0.15, 0.2) is 0 Å². The maximum absolute atomic E-state index is 14.8. The van der Waals surface area contributed by atoms with Gasteiger partial charge in [0.25, 0.3) is 21.6 Å². The molecule has 4 aliphatic heterocycles. The molecule has 1 unspecified atom stereocenters. The lowest BCUT2D eigenvalue weighted by atomic mass is 9.59. The second-order valence-corrected chi connectivity index (χ2v) is 24.1. The van der Waals surface area contributed by atoms with Crippen LogP contribution in [0.15, 0.2) is 102 Å². The number of rotatable bonds is 15. The van der Waals surface area contributed by atoms with Gasteiger partial charge in [-0.05, 0) is 121 Å². The number of piperidine rings is 1. The smallest absolute Gasteiger partial charge is 0.296 e. The maximum Gasteiger partial charge on any atom is 0.296 e. The molecule has 4 N–H and O–H groups in total. The molecule has 7 heterocycles. The quantitative estimate of drug-likeness (QED) is 0.0555. The number of carbonyl (C=O) groups is 1. The number of ether oxygens (including phenoxy) is 3. The zero-order valence-corrected chi connectivity index (χ0v) is 45.9. The number of amides is 1. The lowest BCUT2D eigenvalue weighted by molar-refractivity contribution is -0.384. The predicted molar refractivity (Wildman–Crippen MR) is 304 cm³/mol. The molecule has 4 fully saturated rings. The number of hydrogen-bond donors (Lipinski definition) is 4. The van der Waals surface area contributed by atoms with Gasteiger partial charge in [-0.15, -0.1) is 0 Å². The summed E-state index contributed by atoms with van der Waals surface area (Å²) in [5, 5.41) is 16.7. The van der Waals surface area contributed by atoms with E-state index in [1.54, 1.807) is 13.2 Å². The molecule has 1 amide bonds. The number of piperazine rings is 1. The highest BCUT2D eigenvalue weighted by atomic mass is 32.2. The highest BCUT2D eigenvalue weighted by molar-refractivity contribution is 7.90. The van der Waals surface area contributed by atoms with Crippen LogP contribution in [0.25, 0.3) is 22.1 Å². The maximum atomic E-state index is 14.8. The largest absolute Gasteiger partial charge is 0.497 e. The fraction of sp³-hybridized carbons (Fsp3) is 0.441. The highest BCUT2D eigenvalue weighted by Gasteiger charge is 2.50. The van der Waals surface area contributed by atoms with Gasteiger partial charge in [0.05, 0.1) is 41.7 Å². The minimum absolute atomic E-state index is 0.0311. The summed E-state index contributed by atoms with van der Waals surface area (Å²) in [5.74, 6) is 0.992. The number of sulfonamides is 1. The van der Waals surface area contributed by atoms with E-state index >= 15 is 0 Å². The lowest BCUT2D eigenvalue weighted by Gasteiger charge is -2.58. The predicted octanol–water partition coefficient (Wildman–Crippen LogP) is 9.67. The molecule has 79 heavy (non-hydrogen) atoms. The third-order valence-electron chi connectivity index (χ3n) is 17.4. The van der Waals surface area contributed by atoms with Crippen molar-refractivity contribution in [3.05, 3.63) is 130 Å². The number of hydrogen-bond acceptors (Lipinski definition) is 15. The molecule has 414 valence electrons. The molecule has 1 saturated carbocycles. The molecule has 0 bridgehead atoms. The molecule has 1 atom stereocenters. The number of methoxy groups -OCH3 is 1. The highest BCUT2D eigenvalue weighted by Crippen LogP contribution is 2.54. The monoisotopic (exact) mass is 1090 g/mol. The van der Waals surface area contributed by atoms with Gasteiger partial charge in [-0.1, -0.05) is 50.2 Å². The number of benzene rings is 4. The Bertz CT molecular complexity index is 3490. The van der Waals surface area contributed by atoms with Crippen LogP contribution in [-0.2, 0) is 21.3 Å². The van der Waals surface area contributed by atoms with Crippen molar-refractivity contribution in [2.75, 3.05) is 87.9 Å². The number of nitrogens with one attached hydrogen (secondary N) is 4. The minimum atomic E-state index is -4.76. The standard InChI is InChI=1S/C59H69N11O8S/c1-38(2)45-7-4-5-8-46(45)51-36-66(35-40-9-12-44(76-3)13-10-40)24-25-68(51)43-32-59(33-43)18-22-67(23-19-59)42-11-14-47(48(30-42)69-21-6-26-78-58-50(69)29-41-15-20-60-56(41)64-58)57(71)65-79(74,75)52-31-49(70(72)73)53(55-54(52)62-37-63-55)61-34-39-16-27-77-28-17-39/h4-5,7-15,20,29-31,37-39,43,51,61H,6,16-19,21-28,32-36H2,1-3H3,(H,60,64)(H,62,63)(H,65,71). The van der Waals surface area contributed by atoms with Crippen molar-refractivity contribution >= 4 is 66.4 Å². The Balaban J connectivity index is 0.800. The topological polar surface area (TPSA) is 216 Å². The Hall–Kier alpha value is -7.26. The van der Waals surface area contributed by atoms with E-state index in [1.807, 2.05) is 35.4 Å². The van der Waals surface area contributed by atoms with Crippen molar-refractivity contribution < 1.29 is 32.3 Å². The number of imidazole rings is 1. The van der Waals surface area contributed by atoms with E-state index in [1.165, 1.54) is 23.0 Å². The fourth-order valence-corrected chi connectivity index (χ4v) is 14.2. The summed E-state index contributed by atoms with van der Waals surface area (Å²) in [6.07, 6.45) is 9.62. The van der Waals surface area contributed by atoms with Crippen LogP contribution >= 0.6 is 0 Å². The second-order valence-electron chi connectivity index (χ2n) is 22.5. The molecular formula is C59H69N11O8S. The Kier molecular flexibility index (Phi) is 14.4. The second kappa shape index (κ2) is 21.8. The van der Waals surface area contributed by atoms with Crippen LogP contribution in [-0.4, -0.2) is 128 Å². The van der Waals surface area contributed by atoms with Crippen LogP contribution in [0.3, 0.4) is 0 Å². The van der Waals surface area contributed by atoms with Crippen LogP contribution < -0.4 is 29.3 Å². The van der Waals surface area contributed by atoms with Crippen molar-refractivity contribution in [3.8, 4) is 11.6 Å². The van der Waals surface area contributed by atoms with Crippen LogP contribution in [0, 0.1) is 21.4 Å². The summed E-state index contributed by atoms with van der Waals surface area (Å²) in [6, 6.07) is 28.7. The van der Waals surface area contributed by atoms with E-state index in [0.717, 1.165) is 101 Å². The van der Waals surface area contributed by atoms with E-state index in [4.69, 9.17) is 19.2 Å². The molecular weight excluding hydrogens is 1020 g/mol. The number of pyridine rings is 1. The number of fused-ring (bicyclic) bond motifs is 3. The molecule has 5 aliphatic rings. The number of nitrogens with zero attached hydrogens (tertiary/aromatic N) is 7. The summed E-state index contributed by atoms with van der Waals surface area (Å²) in [7, 11) is -3.05. The summed E-state index contributed by atoms with van der Waals surface area (Å²) in [4.78, 5) is 51.3. The summed E-state index contributed by atoms with van der Waals surface area (Å²) in [6.45, 7) is 12.6. The van der Waals surface area contributed by atoms with E-state index < -0.39 is 31.4 Å². The van der Waals surface area contributed by atoms with Crippen molar-refractivity contribution in [1.82, 2.24) is 34.5 Å². The van der Waals surface area contributed by atoms with Gasteiger partial charge in [-0.2, -0.15) is 4.98 Å². The fourth-order valence-electron chi connectivity index (χ4n) is 13.0. The van der Waals surface area contributed by atoms with Gasteiger partial charge in [0.2, 0.25) is 5.88 Å². The number of aromatic nitrogens is 4. The van der Waals surface area contributed by atoms with Crippen molar-refractivity contribution in [1.29, 1.82) is 0 Å². The summed E-state index contributed by atoms with van der Waals surface area (Å²) in [5.41, 5.74) is 6.97. The molecule has 12 rings (SSSR count). The van der Waals surface area contributed by atoms with Crippen LogP contribution in [0.1, 0.15) is 97.8 Å². The SMILES string of the molecule is COc1ccc(CN2CCN(C3CC4(CCN(c5ccc(C(=O)NS(=O)(=O)c6cc([N+](=O)[O-])c(NCC7CCOCC7)c7[nH]cnc67)c(N6CCCOc7nc8[nH]ccc8cc76)c5)CC4)C3)C(c3ccccc3C(C)C)C2)cc1. The van der Waals surface area contributed by atoms with Crippen LogP contribution in [0.5, 0.6) is 11.6 Å². The molecule has 0 radical (unpaired) electrons. The molecule has 4 aromatic carbocycles. The third-order valence-corrected chi connectivity index (χ3v) is 18.7. The lowest BCUT2D eigenvalue weighted by Crippen LogP contribution is -2.60. The normalized spacial score (nSPS) is 19.5. The van der Waals surface area contributed by atoms with E-state index in [2.05, 4.69) is 102 Å². The summed E-state index contributed by atoms with van der Waals surface area (Å²) >= 11 is 0. The zero-order valence-electron chi connectivity index (χ0n) is 45.1. The number of carbonyl (C=O) groups excluding carboxylic acids is 1. The van der Waals surface area contributed by atoms with Crippen molar-refractivity contribution in [2.24, 2.45) is 11.3 Å². The van der Waals surface area contributed by atoms with E-state index in [9.17, 15) is 23.3 Å². The number of anilines is 4. The first kappa shape index (κ1) is 52.4. The molecule has 1 aliphatic carbocycles. The van der Waals surface area contributed by atoms with E-state index in [-0.39, 0.29) is 39.7 Å². The Morgan fingerprint density at radius 3 is 2.51 bits per heavy atom. The number of nitro groups is 1. The van der Waals surface area contributed by atoms with Crippen molar-refractivity contribution in [2.45, 2.75) is 88.2 Å². The Labute approximate surface area is 460 Å². The first-order valence-electron chi connectivity index (χ1n) is 27.8. The summed E-state index contributed by atoms with van der Waals surface area (Å²) < 4.78 is 48.5. The van der Waals surface area contributed by atoms with Gasteiger partial charge in [0.1, 0.15) is 33.2 Å². The van der Waals surface area contributed by atoms with Gasteiger partial charge in [-0.25, -0.2) is 18.1 Å². The number of aromatic amines is 2. The molecule has 1 spiro atoms. The molecule has 19 nitrogen and oxygen atoms in total. The Morgan fingerprint density at radius 2 is 1.73 bits per heavy atom. The first-order chi connectivity index (χ1) is 38.3. The van der Waals surface area contributed by atoms with Crippen molar-refractivity contribution in [3.63, 3.8) is 0 Å². The van der Waals surface area contributed by atoms with Crippen LogP contribution in [0.4, 0.5) is 28.4 Å². The number of H-pyrrole nitrogens is 2. The first-order valence-corrected chi connectivity index (χ1v) is 29.3. The van der Waals surface area contributed by atoms with Gasteiger partial charge >= 0.3 is 0 Å². The third kappa shape index (κ3) is 10.5. The van der Waals surface area contributed by atoms with E-state index in [0.29, 0.717) is 74.2 Å². The Morgan fingerprint density at radius 1 is 0.937 bits per heavy atom. The van der Waals surface area contributed by atoms with Gasteiger partial charge in [-0.3, -0.25) is 24.7 Å². The average molecular weight is 1090 g/mol.